The Labute approximate surface area is 97.6 Å². The molecule has 6 heteroatoms. The van der Waals surface area contributed by atoms with Crippen LogP contribution in [-0.4, -0.2) is 19.9 Å². The van der Waals surface area contributed by atoms with Gasteiger partial charge in [0.15, 0.2) is 5.16 Å². The van der Waals surface area contributed by atoms with E-state index in [0.717, 1.165) is 16.4 Å². The van der Waals surface area contributed by atoms with E-state index in [2.05, 4.69) is 19.9 Å². The van der Waals surface area contributed by atoms with E-state index in [1.54, 1.807) is 18.6 Å². The standard InChI is InChI=1S/C10H11N5S/c1-7-2-3-14-10(15-7)16-9-8(6-11)12-4-5-13-9/h2-5H,6,11H2,1H3. The quantitative estimate of drug-likeness (QED) is 0.802. The van der Waals surface area contributed by atoms with Crippen LogP contribution in [0, 0.1) is 6.92 Å². The third-order valence-electron chi connectivity index (χ3n) is 1.89. The Morgan fingerprint density at radius 2 is 2.00 bits per heavy atom. The van der Waals surface area contributed by atoms with Gasteiger partial charge < -0.3 is 5.73 Å². The van der Waals surface area contributed by atoms with Gasteiger partial charge >= 0.3 is 0 Å². The Hall–Kier alpha value is -1.53. The van der Waals surface area contributed by atoms with E-state index >= 15 is 0 Å². The fourth-order valence-electron chi connectivity index (χ4n) is 1.14. The Morgan fingerprint density at radius 1 is 1.19 bits per heavy atom. The smallest absolute Gasteiger partial charge is 0.194 e. The number of hydrogen-bond acceptors (Lipinski definition) is 6. The maximum Gasteiger partial charge on any atom is 0.194 e. The molecule has 0 fully saturated rings. The van der Waals surface area contributed by atoms with E-state index in [1.807, 2.05) is 13.0 Å². The van der Waals surface area contributed by atoms with Crippen LogP contribution in [0.4, 0.5) is 0 Å². The summed E-state index contributed by atoms with van der Waals surface area (Å²) in [5.41, 5.74) is 7.27. The van der Waals surface area contributed by atoms with Crippen molar-refractivity contribution in [3.8, 4) is 0 Å². The molecule has 2 heterocycles. The maximum absolute atomic E-state index is 5.58. The van der Waals surface area contributed by atoms with Crippen LogP contribution >= 0.6 is 11.8 Å². The van der Waals surface area contributed by atoms with Crippen molar-refractivity contribution in [2.45, 2.75) is 23.7 Å². The van der Waals surface area contributed by atoms with Crippen LogP contribution < -0.4 is 5.73 Å². The molecule has 0 aliphatic carbocycles. The second-order valence-electron chi connectivity index (χ2n) is 3.09. The van der Waals surface area contributed by atoms with Crippen molar-refractivity contribution in [1.29, 1.82) is 0 Å². The zero-order chi connectivity index (χ0) is 11.4. The fraction of sp³-hybridized carbons (Fsp3) is 0.200. The minimum Gasteiger partial charge on any atom is -0.325 e. The third-order valence-corrected chi connectivity index (χ3v) is 2.80. The lowest BCUT2D eigenvalue weighted by atomic mass is 10.5. The Morgan fingerprint density at radius 3 is 2.75 bits per heavy atom. The molecule has 2 aromatic heterocycles. The average Bonchev–Trinajstić information content (AvgIpc) is 2.30. The molecule has 0 amide bonds. The third kappa shape index (κ3) is 2.53. The van der Waals surface area contributed by atoms with Crippen molar-refractivity contribution in [3.05, 3.63) is 36.0 Å². The number of aryl methyl sites for hydroxylation is 1. The van der Waals surface area contributed by atoms with E-state index in [0.29, 0.717) is 11.7 Å². The molecule has 2 N–H and O–H groups in total. The van der Waals surface area contributed by atoms with Crippen molar-refractivity contribution in [2.75, 3.05) is 0 Å². The molecule has 0 saturated heterocycles. The summed E-state index contributed by atoms with van der Waals surface area (Å²) < 4.78 is 0. The molecule has 2 rings (SSSR count). The molecule has 0 radical (unpaired) electrons. The van der Waals surface area contributed by atoms with Gasteiger partial charge in [0, 0.05) is 30.8 Å². The highest BCUT2D eigenvalue weighted by atomic mass is 32.2. The molecule has 0 aromatic carbocycles. The molecule has 16 heavy (non-hydrogen) atoms. The largest absolute Gasteiger partial charge is 0.325 e. The summed E-state index contributed by atoms with van der Waals surface area (Å²) in [4.78, 5) is 16.8. The lowest BCUT2D eigenvalue weighted by Gasteiger charge is -2.03. The molecule has 0 saturated carbocycles. The first-order chi connectivity index (χ1) is 7.79. The van der Waals surface area contributed by atoms with Gasteiger partial charge in [-0.3, -0.25) is 4.98 Å². The zero-order valence-corrected chi connectivity index (χ0v) is 9.61. The molecule has 2 aromatic rings. The molecular formula is C10H11N5S. The van der Waals surface area contributed by atoms with Crippen LogP contribution in [0.25, 0.3) is 0 Å². The summed E-state index contributed by atoms with van der Waals surface area (Å²) in [5, 5.41) is 1.42. The van der Waals surface area contributed by atoms with Crippen LogP contribution in [-0.2, 0) is 6.54 Å². The van der Waals surface area contributed by atoms with Gasteiger partial charge in [-0.2, -0.15) is 0 Å². The van der Waals surface area contributed by atoms with Gasteiger partial charge in [0.2, 0.25) is 0 Å². The highest BCUT2D eigenvalue weighted by Crippen LogP contribution is 2.24. The molecule has 0 aliphatic heterocycles. The normalized spacial score (nSPS) is 10.4. The van der Waals surface area contributed by atoms with Gasteiger partial charge in [-0.1, -0.05) is 0 Å². The second kappa shape index (κ2) is 5.00. The van der Waals surface area contributed by atoms with Crippen LogP contribution in [0.15, 0.2) is 34.8 Å². The summed E-state index contributed by atoms with van der Waals surface area (Å²) in [6.45, 7) is 2.29. The van der Waals surface area contributed by atoms with Crippen molar-refractivity contribution in [3.63, 3.8) is 0 Å². The van der Waals surface area contributed by atoms with E-state index in [-0.39, 0.29) is 0 Å². The number of nitrogens with zero attached hydrogens (tertiary/aromatic N) is 4. The van der Waals surface area contributed by atoms with Gasteiger partial charge in [-0.15, -0.1) is 0 Å². The first kappa shape index (κ1) is 11.0. The predicted molar refractivity (Wildman–Crippen MR) is 60.8 cm³/mol. The van der Waals surface area contributed by atoms with Crippen LogP contribution in [0.3, 0.4) is 0 Å². The molecular weight excluding hydrogens is 222 g/mol. The Balaban J connectivity index is 2.26. The molecule has 82 valence electrons. The van der Waals surface area contributed by atoms with Gasteiger partial charge in [-0.05, 0) is 24.8 Å². The molecule has 0 unspecified atom stereocenters. The van der Waals surface area contributed by atoms with Crippen LogP contribution in [0.5, 0.6) is 0 Å². The van der Waals surface area contributed by atoms with E-state index in [9.17, 15) is 0 Å². The molecule has 0 bridgehead atoms. The number of aromatic nitrogens is 4. The summed E-state index contributed by atoms with van der Waals surface area (Å²) in [5.74, 6) is 0. The number of nitrogens with two attached hydrogens (primary N) is 1. The summed E-state index contributed by atoms with van der Waals surface area (Å²) >= 11 is 1.38. The lowest BCUT2D eigenvalue weighted by molar-refractivity contribution is 0.874. The Kier molecular flexibility index (Phi) is 3.43. The van der Waals surface area contributed by atoms with Gasteiger partial charge in [0.1, 0.15) is 5.03 Å². The minimum absolute atomic E-state index is 0.363. The summed E-state index contributed by atoms with van der Waals surface area (Å²) in [6.07, 6.45) is 4.99. The first-order valence-corrected chi connectivity index (χ1v) is 5.58. The number of hydrogen-bond donors (Lipinski definition) is 1. The molecule has 0 spiro atoms. The molecule has 0 atom stereocenters. The van der Waals surface area contributed by atoms with Gasteiger partial charge in [0.25, 0.3) is 0 Å². The highest BCUT2D eigenvalue weighted by Gasteiger charge is 2.07. The maximum atomic E-state index is 5.58. The predicted octanol–water partition coefficient (Wildman–Crippen LogP) is 1.18. The molecule has 5 nitrogen and oxygen atoms in total. The van der Waals surface area contributed by atoms with Crippen LogP contribution in [0.1, 0.15) is 11.4 Å². The van der Waals surface area contributed by atoms with Gasteiger partial charge in [-0.25, -0.2) is 15.0 Å². The van der Waals surface area contributed by atoms with Crippen molar-refractivity contribution >= 4 is 11.8 Å². The topological polar surface area (TPSA) is 77.6 Å². The summed E-state index contributed by atoms with van der Waals surface area (Å²) in [7, 11) is 0. The first-order valence-electron chi connectivity index (χ1n) is 4.77. The van der Waals surface area contributed by atoms with Crippen molar-refractivity contribution < 1.29 is 0 Å². The fourth-order valence-corrected chi connectivity index (χ4v) is 1.98. The minimum atomic E-state index is 0.363. The summed E-state index contributed by atoms with van der Waals surface area (Å²) in [6, 6.07) is 1.85. The van der Waals surface area contributed by atoms with E-state index < -0.39 is 0 Å². The zero-order valence-electron chi connectivity index (χ0n) is 8.79. The highest BCUT2D eigenvalue weighted by molar-refractivity contribution is 7.99. The Bertz CT molecular complexity index is 488. The van der Waals surface area contributed by atoms with E-state index in [4.69, 9.17) is 5.73 Å². The van der Waals surface area contributed by atoms with Crippen LogP contribution in [0.2, 0.25) is 0 Å². The SMILES string of the molecule is Cc1ccnc(Sc2nccnc2CN)n1. The van der Waals surface area contributed by atoms with Crippen molar-refractivity contribution in [1.82, 2.24) is 19.9 Å². The monoisotopic (exact) mass is 233 g/mol. The molecule has 0 aliphatic rings. The lowest BCUT2D eigenvalue weighted by Crippen LogP contribution is -2.03. The van der Waals surface area contributed by atoms with E-state index in [1.165, 1.54) is 11.8 Å². The average molecular weight is 233 g/mol. The van der Waals surface area contributed by atoms with Crippen molar-refractivity contribution in [2.24, 2.45) is 5.73 Å². The van der Waals surface area contributed by atoms with Gasteiger partial charge in [0.05, 0.1) is 5.69 Å². The second-order valence-corrected chi connectivity index (χ2v) is 4.05. The number of rotatable bonds is 3.